The van der Waals surface area contributed by atoms with Crippen LogP contribution in [0.25, 0.3) is 0 Å². The van der Waals surface area contributed by atoms with Crippen LogP contribution in [0.5, 0.6) is 0 Å². The van der Waals surface area contributed by atoms with E-state index in [4.69, 9.17) is 9.47 Å². The minimum Gasteiger partial charge on any atom is -0.381 e. The fraction of sp³-hybridized carbons (Fsp3) is 0.909. The summed E-state index contributed by atoms with van der Waals surface area (Å²) < 4.78 is 10.5. The molecule has 1 atom stereocenters. The van der Waals surface area contributed by atoms with Gasteiger partial charge in [-0.3, -0.25) is 4.79 Å². The molecule has 1 heterocycles. The largest absolute Gasteiger partial charge is 0.381 e. The van der Waals surface area contributed by atoms with Crippen LogP contribution < -0.4 is 10.6 Å². The lowest BCUT2D eigenvalue weighted by Crippen LogP contribution is -2.50. The third-order valence-electron chi connectivity index (χ3n) is 3.22. The zero-order valence-electron chi connectivity index (χ0n) is 9.70. The Bertz CT molecular complexity index is 235. The highest BCUT2D eigenvalue weighted by Gasteiger charge is 2.30. The number of ether oxygens (including phenoxy) is 2. The minimum atomic E-state index is 0.113. The van der Waals surface area contributed by atoms with E-state index in [9.17, 15) is 4.79 Å². The van der Waals surface area contributed by atoms with E-state index in [-0.39, 0.29) is 11.9 Å². The van der Waals surface area contributed by atoms with Crippen molar-refractivity contribution in [2.75, 3.05) is 26.9 Å². The van der Waals surface area contributed by atoms with E-state index in [1.54, 1.807) is 7.11 Å². The zero-order chi connectivity index (χ0) is 11.4. The maximum Gasteiger partial charge on any atom is 0.221 e. The van der Waals surface area contributed by atoms with E-state index in [1.807, 2.05) is 0 Å². The summed E-state index contributed by atoms with van der Waals surface area (Å²) in [4.78, 5) is 11.7. The molecule has 0 bridgehead atoms. The number of carbonyl (C=O) groups excluding carboxylic acids is 1. The van der Waals surface area contributed by atoms with Gasteiger partial charge in [0, 0.05) is 32.2 Å². The topological polar surface area (TPSA) is 59.6 Å². The van der Waals surface area contributed by atoms with Crippen LogP contribution in [-0.4, -0.2) is 51.0 Å². The summed E-state index contributed by atoms with van der Waals surface area (Å²) >= 11 is 0. The molecule has 2 rings (SSSR count). The van der Waals surface area contributed by atoms with Gasteiger partial charge in [-0.05, 0) is 12.8 Å². The Morgan fingerprint density at radius 1 is 1.56 bits per heavy atom. The molecule has 0 aromatic heterocycles. The Morgan fingerprint density at radius 3 is 3.00 bits per heavy atom. The number of carbonyl (C=O) groups is 1. The van der Waals surface area contributed by atoms with Gasteiger partial charge >= 0.3 is 0 Å². The molecule has 92 valence electrons. The van der Waals surface area contributed by atoms with Crippen molar-refractivity contribution < 1.29 is 14.3 Å². The fourth-order valence-corrected chi connectivity index (χ4v) is 2.14. The second-order valence-corrected chi connectivity index (χ2v) is 4.52. The summed E-state index contributed by atoms with van der Waals surface area (Å²) in [6, 6.07) is 0.481. The minimum absolute atomic E-state index is 0.113. The normalized spacial score (nSPS) is 34.2. The molecule has 1 unspecified atom stereocenters. The first kappa shape index (κ1) is 11.8. The van der Waals surface area contributed by atoms with E-state index in [0.717, 1.165) is 26.0 Å². The van der Waals surface area contributed by atoms with Crippen molar-refractivity contribution in [1.29, 1.82) is 0 Å². The van der Waals surface area contributed by atoms with Crippen molar-refractivity contribution in [2.24, 2.45) is 0 Å². The molecule has 2 N–H and O–H groups in total. The summed E-state index contributed by atoms with van der Waals surface area (Å²) in [5.41, 5.74) is 0. The third-order valence-corrected chi connectivity index (χ3v) is 3.22. The number of hydrogen-bond donors (Lipinski definition) is 2. The van der Waals surface area contributed by atoms with Gasteiger partial charge < -0.3 is 20.1 Å². The van der Waals surface area contributed by atoms with Gasteiger partial charge in [-0.25, -0.2) is 0 Å². The van der Waals surface area contributed by atoms with Crippen molar-refractivity contribution in [1.82, 2.24) is 10.6 Å². The van der Waals surface area contributed by atoms with Gasteiger partial charge in [-0.2, -0.15) is 0 Å². The SMILES string of the molecule is COC1CC(NC(=O)CC2COCCN2)C1. The molecule has 0 aromatic carbocycles. The number of amides is 1. The molecule has 16 heavy (non-hydrogen) atoms. The predicted molar refractivity (Wildman–Crippen MR) is 59.2 cm³/mol. The van der Waals surface area contributed by atoms with Crippen LogP contribution in [0.15, 0.2) is 0 Å². The van der Waals surface area contributed by atoms with Gasteiger partial charge in [0.25, 0.3) is 0 Å². The fourth-order valence-electron chi connectivity index (χ4n) is 2.14. The van der Waals surface area contributed by atoms with Crippen LogP contribution in [0.4, 0.5) is 0 Å². The monoisotopic (exact) mass is 228 g/mol. The molecule has 1 saturated carbocycles. The first-order valence-corrected chi connectivity index (χ1v) is 5.91. The second kappa shape index (κ2) is 5.61. The lowest BCUT2D eigenvalue weighted by Gasteiger charge is -2.35. The maximum absolute atomic E-state index is 11.7. The Morgan fingerprint density at radius 2 is 2.38 bits per heavy atom. The highest BCUT2D eigenvalue weighted by atomic mass is 16.5. The summed E-state index contributed by atoms with van der Waals surface area (Å²) in [6.45, 7) is 2.22. The van der Waals surface area contributed by atoms with Crippen LogP contribution in [0.2, 0.25) is 0 Å². The van der Waals surface area contributed by atoms with Crippen molar-refractivity contribution in [3.05, 3.63) is 0 Å². The van der Waals surface area contributed by atoms with Crippen LogP contribution in [0, 0.1) is 0 Å². The highest BCUT2D eigenvalue weighted by molar-refractivity contribution is 5.77. The Hall–Kier alpha value is -0.650. The zero-order valence-corrected chi connectivity index (χ0v) is 9.70. The van der Waals surface area contributed by atoms with Gasteiger partial charge in [-0.15, -0.1) is 0 Å². The van der Waals surface area contributed by atoms with Crippen LogP contribution in [-0.2, 0) is 14.3 Å². The average molecular weight is 228 g/mol. The molecule has 0 aromatic rings. The van der Waals surface area contributed by atoms with E-state index in [0.29, 0.717) is 25.2 Å². The number of nitrogens with one attached hydrogen (secondary N) is 2. The van der Waals surface area contributed by atoms with E-state index < -0.39 is 0 Å². The maximum atomic E-state index is 11.7. The number of methoxy groups -OCH3 is 1. The van der Waals surface area contributed by atoms with Gasteiger partial charge in [0.2, 0.25) is 5.91 Å². The molecule has 1 saturated heterocycles. The number of hydrogen-bond acceptors (Lipinski definition) is 4. The van der Waals surface area contributed by atoms with Crippen LogP contribution in [0.3, 0.4) is 0 Å². The van der Waals surface area contributed by atoms with Gasteiger partial charge in [0.05, 0.1) is 19.3 Å². The van der Waals surface area contributed by atoms with E-state index >= 15 is 0 Å². The molecule has 0 spiro atoms. The summed E-state index contributed by atoms with van der Waals surface area (Å²) in [5, 5.41) is 6.28. The number of rotatable bonds is 4. The van der Waals surface area contributed by atoms with Crippen molar-refractivity contribution >= 4 is 5.91 Å². The lowest BCUT2D eigenvalue weighted by molar-refractivity contribution is -0.124. The van der Waals surface area contributed by atoms with Crippen LogP contribution in [0.1, 0.15) is 19.3 Å². The van der Waals surface area contributed by atoms with E-state index in [2.05, 4.69) is 10.6 Å². The Balaban J connectivity index is 1.61. The standard InChI is InChI=1S/C11H20N2O3/c1-15-10-4-8(5-10)13-11(14)6-9-7-16-3-2-12-9/h8-10,12H,2-7H2,1H3,(H,13,14). The second-order valence-electron chi connectivity index (χ2n) is 4.52. The molecule has 0 radical (unpaired) electrons. The number of morpholine rings is 1. The predicted octanol–water partition coefficient (Wildman–Crippen LogP) is -0.341. The van der Waals surface area contributed by atoms with Crippen molar-refractivity contribution in [3.63, 3.8) is 0 Å². The molecule has 1 aliphatic carbocycles. The summed E-state index contributed by atoms with van der Waals surface area (Å²) in [5.74, 6) is 0.113. The van der Waals surface area contributed by atoms with Crippen molar-refractivity contribution in [3.8, 4) is 0 Å². The summed E-state index contributed by atoms with van der Waals surface area (Å²) in [7, 11) is 1.71. The summed E-state index contributed by atoms with van der Waals surface area (Å²) in [6.07, 6.45) is 2.73. The molecule has 2 aliphatic rings. The quantitative estimate of drug-likeness (QED) is 0.691. The molecule has 1 aliphatic heterocycles. The molecular formula is C11H20N2O3. The first-order chi connectivity index (χ1) is 7.78. The van der Waals surface area contributed by atoms with Gasteiger partial charge in [0.1, 0.15) is 0 Å². The average Bonchev–Trinajstić information content (AvgIpc) is 2.24. The Kier molecular flexibility index (Phi) is 4.15. The van der Waals surface area contributed by atoms with E-state index in [1.165, 1.54) is 0 Å². The van der Waals surface area contributed by atoms with Crippen molar-refractivity contribution in [2.45, 2.75) is 37.5 Å². The first-order valence-electron chi connectivity index (χ1n) is 5.91. The molecule has 5 nitrogen and oxygen atoms in total. The molecule has 2 fully saturated rings. The Labute approximate surface area is 95.9 Å². The lowest BCUT2D eigenvalue weighted by atomic mass is 9.89. The van der Waals surface area contributed by atoms with Crippen LogP contribution >= 0.6 is 0 Å². The molecule has 5 heteroatoms. The molecule has 1 amide bonds. The smallest absolute Gasteiger partial charge is 0.221 e. The molecular weight excluding hydrogens is 208 g/mol. The third kappa shape index (κ3) is 3.17. The van der Waals surface area contributed by atoms with Gasteiger partial charge in [0.15, 0.2) is 0 Å². The highest BCUT2D eigenvalue weighted by Crippen LogP contribution is 2.22. The van der Waals surface area contributed by atoms with Gasteiger partial charge in [-0.1, -0.05) is 0 Å².